The number of anilines is 4. The van der Waals surface area contributed by atoms with Crippen molar-refractivity contribution in [1.82, 2.24) is 0 Å². The van der Waals surface area contributed by atoms with Crippen molar-refractivity contribution in [2.24, 2.45) is 5.92 Å². The van der Waals surface area contributed by atoms with Crippen LogP contribution in [0.3, 0.4) is 0 Å². The highest BCUT2D eigenvalue weighted by atomic mass is 16.1. The number of carbonyl (C=O) groups is 1. The Kier molecular flexibility index (Phi) is 4.24. The largest absolute Gasteiger partial charge is 0.383 e. The zero-order chi connectivity index (χ0) is 16.4. The molecule has 0 fully saturated rings. The number of amides is 1. The summed E-state index contributed by atoms with van der Waals surface area (Å²) >= 11 is 0. The molecule has 4 heteroatoms. The Morgan fingerprint density at radius 2 is 1.74 bits per heavy atom. The van der Waals surface area contributed by atoms with Gasteiger partial charge in [-0.05, 0) is 49.6 Å². The van der Waals surface area contributed by atoms with Gasteiger partial charge in [-0.15, -0.1) is 0 Å². The van der Waals surface area contributed by atoms with Gasteiger partial charge in [0.15, 0.2) is 0 Å². The van der Waals surface area contributed by atoms with Crippen LogP contribution in [-0.4, -0.2) is 11.9 Å². The number of para-hydroxylation sites is 1. The lowest BCUT2D eigenvalue weighted by atomic mass is 10.0. The average molecular weight is 309 g/mol. The molecule has 1 atom stereocenters. The molecule has 1 aliphatic rings. The lowest BCUT2D eigenvalue weighted by Crippen LogP contribution is -2.17. The summed E-state index contributed by atoms with van der Waals surface area (Å²) in [5.74, 6) is 0.563. The Morgan fingerprint density at radius 3 is 2.52 bits per heavy atom. The molecule has 4 nitrogen and oxygen atoms in total. The molecule has 0 saturated carbocycles. The van der Waals surface area contributed by atoms with Crippen molar-refractivity contribution < 1.29 is 4.79 Å². The van der Waals surface area contributed by atoms with Crippen molar-refractivity contribution in [1.29, 1.82) is 0 Å². The second kappa shape index (κ2) is 6.32. The van der Waals surface area contributed by atoms with E-state index < -0.39 is 0 Å². The summed E-state index contributed by atoms with van der Waals surface area (Å²) in [6.07, 6.45) is 1.10. The number of carbonyl (C=O) groups excluding carboxylic acids is 1. The molecule has 0 radical (unpaired) electrons. The third kappa shape index (κ3) is 3.47. The maximum absolute atomic E-state index is 12.4. The quantitative estimate of drug-likeness (QED) is 0.757. The molecule has 1 aliphatic heterocycles. The summed E-state index contributed by atoms with van der Waals surface area (Å²) in [6.45, 7) is 6.62. The Morgan fingerprint density at radius 1 is 0.957 bits per heavy atom. The highest BCUT2D eigenvalue weighted by molar-refractivity contribution is 6.12. The molecule has 0 saturated heterocycles. The van der Waals surface area contributed by atoms with Crippen molar-refractivity contribution in [3.8, 4) is 0 Å². The van der Waals surface area contributed by atoms with Gasteiger partial charge in [-0.3, -0.25) is 4.79 Å². The minimum atomic E-state index is -0.0840. The second-order valence-corrected chi connectivity index (χ2v) is 6.56. The summed E-state index contributed by atoms with van der Waals surface area (Å²) in [6, 6.07) is 14.0. The molecule has 0 aromatic heterocycles. The van der Waals surface area contributed by atoms with E-state index in [1.165, 1.54) is 0 Å². The molecule has 0 aliphatic carbocycles. The molecular formula is C19H23N3O. The number of hydrogen-bond donors (Lipinski definition) is 3. The van der Waals surface area contributed by atoms with E-state index in [2.05, 4.69) is 36.7 Å². The van der Waals surface area contributed by atoms with Gasteiger partial charge in [-0.1, -0.05) is 26.0 Å². The fourth-order valence-corrected chi connectivity index (χ4v) is 3.02. The van der Waals surface area contributed by atoms with E-state index in [4.69, 9.17) is 0 Å². The van der Waals surface area contributed by atoms with Crippen LogP contribution in [0.25, 0.3) is 0 Å². The SMILES string of the molecule is CC(C)CC(C)Nc1ccc2c(c1)NC(=O)c1ccccc1N2. The van der Waals surface area contributed by atoms with E-state index in [0.717, 1.165) is 29.2 Å². The second-order valence-electron chi connectivity index (χ2n) is 6.56. The van der Waals surface area contributed by atoms with E-state index in [0.29, 0.717) is 17.5 Å². The maximum atomic E-state index is 12.4. The van der Waals surface area contributed by atoms with Gasteiger partial charge in [0, 0.05) is 11.7 Å². The van der Waals surface area contributed by atoms with Crippen molar-refractivity contribution in [2.75, 3.05) is 16.0 Å². The van der Waals surface area contributed by atoms with Crippen LogP contribution < -0.4 is 16.0 Å². The van der Waals surface area contributed by atoms with Crippen LogP contribution in [-0.2, 0) is 0 Å². The number of rotatable bonds is 4. The van der Waals surface area contributed by atoms with Gasteiger partial charge in [-0.2, -0.15) is 0 Å². The van der Waals surface area contributed by atoms with Gasteiger partial charge in [-0.25, -0.2) is 0 Å². The summed E-state index contributed by atoms with van der Waals surface area (Å²) in [5.41, 5.74) is 4.22. The highest BCUT2D eigenvalue weighted by Crippen LogP contribution is 2.33. The summed E-state index contributed by atoms with van der Waals surface area (Å²) in [4.78, 5) is 12.4. The lowest BCUT2D eigenvalue weighted by molar-refractivity contribution is 0.102. The zero-order valence-corrected chi connectivity index (χ0v) is 13.8. The highest BCUT2D eigenvalue weighted by Gasteiger charge is 2.18. The van der Waals surface area contributed by atoms with Gasteiger partial charge in [0.2, 0.25) is 0 Å². The molecule has 2 aromatic carbocycles. The van der Waals surface area contributed by atoms with Crippen LogP contribution in [0.1, 0.15) is 37.6 Å². The standard InChI is InChI=1S/C19H23N3O/c1-12(2)10-13(3)20-14-8-9-17-18(11-14)22-19(23)15-6-4-5-7-16(15)21-17/h4-9,11-13,20-21H,10H2,1-3H3,(H,22,23). The maximum Gasteiger partial charge on any atom is 0.257 e. The van der Waals surface area contributed by atoms with E-state index in [9.17, 15) is 4.79 Å². The first-order valence-electron chi connectivity index (χ1n) is 8.11. The predicted molar refractivity (Wildman–Crippen MR) is 96.7 cm³/mol. The molecule has 0 spiro atoms. The van der Waals surface area contributed by atoms with E-state index in [-0.39, 0.29) is 5.91 Å². The van der Waals surface area contributed by atoms with Crippen molar-refractivity contribution in [3.05, 3.63) is 48.0 Å². The summed E-state index contributed by atoms with van der Waals surface area (Å²) < 4.78 is 0. The Bertz CT molecular complexity index is 724. The molecule has 3 N–H and O–H groups in total. The van der Waals surface area contributed by atoms with Crippen LogP contribution in [0.2, 0.25) is 0 Å². The van der Waals surface area contributed by atoms with Gasteiger partial charge >= 0.3 is 0 Å². The molecule has 1 unspecified atom stereocenters. The lowest BCUT2D eigenvalue weighted by Gasteiger charge is -2.18. The topological polar surface area (TPSA) is 53.2 Å². The van der Waals surface area contributed by atoms with Crippen LogP contribution in [0.15, 0.2) is 42.5 Å². The van der Waals surface area contributed by atoms with E-state index in [1.807, 2.05) is 42.5 Å². The molecule has 3 rings (SSSR count). The van der Waals surface area contributed by atoms with Crippen LogP contribution in [0.5, 0.6) is 0 Å². The monoisotopic (exact) mass is 309 g/mol. The smallest absolute Gasteiger partial charge is 0.257 e. The third-order valence-corrected chi connectivity index (χ3v) is 3.95. The number of benzene rings is 2. The molecule has 1 heterocycles. The minimum absolute atomic E-state index is 0.0840. The van der Waals surface area contributed by atoms with Crippen LogP contribution in [0.4, 0.5) is 22.7 Å². The third-order valence-electron chi connectivity index (χ3n) is 3.95. The first-order chi connectivity index (χ1) is 11.0. The fraction of sp³-hybridized carbons (Fsp3) is 0.316. The number of nitrogens with one attached hydrogen (secondary N) is 3. The predicted octanol–water partition coefficient (Wildman–Crippen LogP) is 4.84. The van der Waals surface area contributed by atoms with Gasteiger partial charge in [0.25, 0.3) is 5.91 Å². The molecular weight excluding hydrogens is 286 g/mol. The normalized spacial score (nSPS) is 14.2. The first-order valence-corrected chi connectivity index (χ1v) is 8.11. The number of fused-ring (bicyclic) bond motifs is 2. The van der Waals surface area contributed by atoms with Crippen molar-refractivity contribution in [3.63, 3.8) is 0 Å². The molecule has 23 heavy (non-hydrogen) atoms. The Balaban J connectivity index is 1.85. The van der Waals surface area contributed by atoms with Crippen molar-refractivity contribution in [2.45, 2.75) is 33.2 Å². The van der Waals surface area contributed by atoms with Gasteiger partial charge in [0.05, 0.1) is 22.6 Å². The van der Waals surface area contributed by atoms with Crippen molar-refractivity contribution >= 4 is 28.7 Å². The van der Waals surface area contributed by atoms with Crippen LogP contribution in [0, 0.1) is 5.92 Å². The van der Waals surface area contributed by atoms with Crippen LogP contribution >= 0.6 is 0 Å². The number of hydrogen-bond acceptors (Lipinski definition) is 3. The van der Waals surface area contributed by atoms with E-state index in [1.54, 1.807) is 0 Å². The molecule has 1 amide bonds. The van der Waals surface area contributed by atoms with Gasteiger partial charge < -0.3 is 16.0 Å². The zero-order valence-electron chi connectivity index (χ0n) is 13.8. The Hall–Kier alpha value is -2.49. The first kappa shape index (κ1) is 15.4. The Labute approximate surface area is 137 Å². The molecule has 120 valence electrons. The minimum Gasteiger partial charge on any atom is -0.383 e. The molecule has 0 bridgehead atoms. The van der Waals surface area contributed by atoms with Gasteiger partial charge in [0.1, 0.15) is 0 Å². The van der Waals surface area contributed by atoms with E-state index >= 15 is 0 Å². The average Bonchev–Trinajstić information content (AvgIpc) is 2.62. The summed E-state index contributed by atoms with van der Waals surface area (Å²) in [5, 5.41) is 9.83. The fourth-order valence-electron chi connectivity index (χ4n) is 3.02. The summed E-state index contributed by atoms with van der Waals surface area (Å²) in [7, 11) is 0. The molecule has 2 aromatic rings.